The summed E-state index contributed by atoms with van der Waals surface area (Å²) in [4.78, 5) is 52.6. The van der Waals surface area contributed by atoms with Gasteiger partial charge >= 0.3 is 0 Å². The third kappa shape index (κ3) is 3.07. The molecule has 3 N–H and O–H groups in total. The molecule has 3 heterocycles. The van der Waals surface area contributed by atoms with Crippen molar-refractivity contribution in [3.05, 3.63) is 29.3 Å². The number of rotatable bonds is 4. The van der Waals surface area contributed by atoms with Crippen molar-refractivity contribution in [1.82, 2.24) is 10.2 Å². The van der Waals surface area contributed by atoms with E-state index in [1.165, 1.54) is 0 Å². The first-order valence-electron chi connectivity index (χ1n) is 9.83. The average molecular weight is 384 g/mol. The first kappa shape index (κ1) is 18.6. The predicted molar refractivity (Wildman–Crippen MR) is 102 cm³/mol. The number of fused-ring (bicyclic) bond motifs is 1. The predicted octanol–water partition coefficient (Wildman–Crippen LogP) is 0.795. The molecule has 2 unspecified atom stereocenters. The highest BCUT2D eigenvalue weighted by Crippen LogP contribution is 2.33. The van der Waals surface area contributed by atoms with Crippen molar-refractivity contribution in [3.8, 4) is 0 Å². The highest BCUT2D eigenvalue weighted by molar-refractivity contribution is 6.23. The molecule has 0 aromatic heterocycles. The number of hydrogen-bond donors (Lipinski definition) is 2. The van der Waals surface area contributed by atoms with Crippen molar-refractivity contribution in [3.63, 3.8) is 0 Å². The zero-order valence-corrected chi connectivity index (χ0v) is 15.6. The smallest absolute Gasteiger partial charge is 0.262 e. The van der Waals surface area contributed by atoms with Gasteiger partial charge in [0.05, 0.1) is 11.1 Å². The Morgan fingerprint density at radius 2 is 1.82 bits per heavy atom. The zero-order valence-electron chi connectivity index (χ0n) is 15.6. The number of hydrogen-bond acceptors (Lipinski definition) is 6. The summed E-state index contributed by atoms with van der Waals surface area (Å²) in [6, 6.07) is 4.69. The van der Waals surface area contributed by atoms with Crippen LogP contribution < -0.4 is 16.0 Å². The van der Waals surface area contributed by atoms with Crippen LogP contribution in [0, 0.1) is 0 Å². The SMILES string of the molecule is NCCC1CCCCN1c1ccc2c(c1)C(=O)N(C1CCC(=O)NC1=O)C2=O. The average Bonchev–Trinajstić information content (AvgIpc) is 2.93. The fourth-order valence-corrected chi connectivity index (χ4v) is 4.47. The van der Waals surface area contributed by atoms with E-state index in [0.717, 1.165) is 42.8 Å². The largest absolute Gasteiger partial charge is 0.368 e. The lowest BCUT2D eigenvalue weighted by Crippen LogP contribution is -2.54. The molecule has 4 rings (SSSR count). The molecule has 2 saturated heterocycles. The Hall–Kier alpha value is -2.74. The van der Waals surface area contributed by atoms with Gasteiger partial charge in [0.15, 0.2) is 0 Å². The zero-order chi connectivity index (χ0) is 19.8. The second kappa shape index (κ2) is 7.35. The van der Waals surface area contributed by atoms with Gasteiger partial charge in [0, 0.05) is 24.7 Å². The van der Waals surface area contributed by atoms with E-state index in [0.29, 0.717) is 23.7 Å². The van der Waals surface area contributed by atoms with E-state index in [4.69, 9.17) is 5.73 Å². The van der Waals surface area contributed by atoms with Crippen molar-refractivity contribution in [2.45, 2.75) is 50.6 Å². The van der Waals surface area contributed by atoms with E-state index in [9.17, 15) is 19.2 Å². The number of piperidine rings is 2. The standard InChI is InChI=1S/C20H24N4O4/c21-9-8-12-3-1-2-10-23(12)13-4-5-14-15(11-13)20(28)24(19(14)27)16-6-7-17(25)22-18(16)26/h4-5,11-12,16H,1-3,6-10,21H2,(H,22,25,26). The lowest BCUT2D eigenvalue weighted by molar-refractivity contribution is -0.136. The monoisotopic (exact) mass is 384 g/mol. The molecule has 3 aliphatic rings. The van der Waals surface area contributed by atoms with Gasteiger partial charge in [-0.3, -0.25) is 29.4 Å². The van der Waals surface area contributed by atoms with Gasteiger partial charge in [0.2, 0.25) is 11.8 Å². The second-order valence-electron chi connectivity index (χ2n) is 7.60. The molecule has 1 aromatic rings. The van der Waals surface area contributed by atoms with Gasteiger partial charge in [-0.15, -0.1) is 0 Å². The molecule has 8 nitrogen and oxygen atoms in total. The van der Waals surface area contributed by atoms with E-state index in [2.05, 4.69) is 10.2 Å². The molecule has 0 spiro atoms. The Morgan fingerprint density at radius 1 is 1.04 bits per heavy atom. The number of imide groups is 2. The maximum atomic E-state index is 13.0. The number of benzene rings is 1. The number of nitrogens with one attached hydrogen (secondary N) is 1. The Kier molecular flexibility index (Phi) is 4.89. The van der Waals surface area contributed by atoms with Gasteiger partial charge < -0.3 is 10.6 Å². The second-order valence-corrected chi connectivity index (χ2v) is 7.60. The highest BCUT2D eigenvalue weighted by Gasteiger charge is 2.44. The quantitative estimate of drug-likeness (QED) is 0.743. The van der Waals surface area contributed by atoms with Crippen molar-refractivity contribution in [1.29, 1.82) is 0 Å². The maximum Gasteiger partial charge on any atom is 0.262 e. The van der Waals surface area contributed by atoms with Crippen molar-refractivity contribution in [2.24, 2.45) is 5.73 Å². The number of carbonyl (C=O) groups excluding carboxylic acids is 4. The van der Waals surface area contributed by atoms with E-state index in [1.807, 2.05) is 6.07 Å². The molecule has 8 heteroatoms. The summed E-state index contributed by atoms with van der Waals surface area (Å²) in [6.07, 6.45) is 4.45. The molecule has 1 aromatic carbocycles. The molecular weight excluding hydrogens is 360 g/mol. The number of anilines is 1. The summed E-state index contributed by atoms with van der Waals surface area (Å²) in [5.41, 5.74) is 7.30. The van der Waals surface area contributed by atoms with Crippen LogP contribution in [0.15, 0.2) is 18.2 Å². The van der Waals surface area contributed by atoms with Crippen molar-refractivity contribution < 1.29 is 19.2 Å². The first-order chi connectivity index (χ1) is 13.5. The van der Waals surface area contributed by atoms with Gasteiger partial charge in [-0.2, -0.15) is 0 Å². The van der Waals surface area contributed by atoms with E-state index in [-0.39, 0.29) is 18.7 Å². The molecule has 148 valence electrons. The minimum absolute atomic E-state index is 0.115. The molecule has 4 amide bonds. The van der Waals surface area contributed by atoms with E-state index < -0.39 is 23.8 Å². The Bertz CT molecular complexity index is 851. The number of nitrogens with zero attached hydrogens (tertiary/aromatic N) is 2. The van der Waals surface area contributed by atoms with Crippen LogP contribution in [0.25, 0.3) is 0 Å². The summed E-state index contributed by atoms with van der Waals surface area (Å²) < 4.78 is 0. The third-order valence-electron chi connectivity index (χ3n) is 5.88. The highest BCUT2D eigenvalue weighted by atomic mass is 16.2. The lowest BCUT2D eigenvalue weighted by atomic mass is 9.97. The molecular formula is C20H24N4O4. The van der Waals surface area contributed by atoms with Crippen LogP contribution in [-0.2, 0) is 9.59 Å². The Balaban J connectivity index is 1.62. The molecule has 2 fully saturated rings. The normalized spacial score (nSPS) is 25.2. The number of nitrogens with two attached hydrogens (primary N) is 1. The van der Waals surface area contributed by atoms with Gasteiger partial charge in [0.25, 0.3) is 11.8 Å². The summed E-state index contributed by atoms with van der Waals surface area (Å²) in [5, 5.41) is 2.21. The maximum absolute atomic E-state index is 13.0. The van der Waals surface area contributed by atoms with Crippen LogP contribution in [-0.4, -0.2) is 53.7 Å². The van der Waals surface area contributed by atoms with Gasteiger partial charge in [-0.05, 0) is 56.8 Å². The van der Waals surface area contributed by atoms with Crippen LogP contribution in [0.1, 0.15) is 59.2 Å². The molecule has 2 atom stereocenters. The molecule has 0 radical (unpaired) electrons. The molecule has 0 saturated carbocycles. The van der Waals surface area contributed by atoms with Crippen LogP contribution >= 0.6 is 0 Å². The fraction of sp³-hybridized carbons (Fsp3) is 0.500. The van der Waals surface area contributed by atoms with Gasteiger partial charge in [-0.1, -0.05) is 0 Å². The first-order valence-corrected chi connectivity index (χ1v) is 9.83. The third-order valence-corrected chi connectivity index (χ3v) is 5.88. The summed E-state index contributed by atoms with van der Waals surface area (Å²) in [6.45, 7) is 1.50. The Labute approximate surface area is 163 Å². The fourth-order valence-electron chi connectivity index (χ4n) is 4.47. The van der Waals surface area contributed by atoms with Crippen molar-refractivity contribution in [2.75, 3.05) is 18.0 Å². The van der Waals surface area contributed by atoms with Crippen LogP contribution in [0.4, 0.5) is 5.69 Å². The summed E-state index contributed by atoms with van der Waals surface area (Å²) >= 11 is 0. The van der Waals surface area contributed by atoms with Crippen molar-refractivity contribution >= 4 is 29.3 Å². The Morgan fingerprint density at radius 3 is 2.57 bits per heavy atom. The number of amides is 4. The minimum atomic E-state index is -0.937. The van der Waals surface area contributed by atoms with Gasteiger partial charge in [0.1, 0.15) is 6.04 Å². The molecule has 28 heavy (non-hydrogen) atoms. The van der Waals surface area contributed by atoms with Gasteiger partial charge in [-0.25, -0.2) is 0 Å². The van der Waals surface area contributed by atoms with Crippen LogP contribution in [0.5, 0.6) is 0 Å². The van der Waals surface area contributed by atoms with Crippen LogP contribution in [0.3, 0.4) is 0 Å². The number of carbonyl (C=O) groups is 4. The molecule has 3 aliphatic heterocycles. The molecule has 0 bridgehead atoms. The van der Waals surface area contributed by atoms with E-state index >= 15 is 0 Å². The lowest BCUT2D eigenvalue weighted by Gasteiger charge is -2.37. The van der Waals surface area contributed by atoms with Crippen LogP contribution in [0.2, 0.25) is 0 Å². The topological polar surface area (TPSA) is 113 Å². The molecule has 0 aliphatic carbocycles. The summed E-state index contributed by atoms with van der Waals surface area (Å²) in [7, 11) is 0. The minimum Gasteiger partial charge on any atom is -0.368 e. The van der Waals surface area contributed by atoms with E-state index in [1.54, 1.807) is 12.1 Å². The summed E-state index contributed by atoms with van der Waals surface area (Å²) in [5.74, 6) is -1.91.